The van der Waals surface area contributed by atoms with Crippen LogP contribution in [0.5, 0.6) is 0 Å². The number of likely N-dealkylation sites (tertiary alicyclic amines) is 1. The van der Waals surface area contributed by atoms with Crippen molar-refractivity contribution in [2.45, 2.75) is 26.2 Å². The van der Waals surface area contributed by atoms with Gasteiger partial charge in [-0.1, -0.05) is 18.2 Å². The average Bonchev–Trinajstić information content (AvgIpc) is 3.26. The summed E-state index contributed by atoms with van der Waals surface area (Å²) < 4.78 is 5.80. The summed E-state index contributed by atoms with van der Waals surface area (Å²) in [5, 5.41) is 3.48. The molecule has 0 bridgehead atoms. The fourth-order valence-electron chi connectivity index (χ4n) is 3.65. The van der Waals surface area contributed by atoms with Crippen LogP contribution < -0.4 is 5.32 Å². The van der Waals surface area contributed by atoms with Crippen molar-refractivity contribution in [3.63, 3.8) is 0 Å². The predicted molar refractivity (Wildman–Crippen MR) is 104 cm³/mol. The van der Waals surface area contributed by atoms with E-state index in [0.717, 1.165) is 61.0 Å². The molecule has 1 aliphatic rings. The number of fused-ring (bicyclic) bond motifs is 1. The molecule has 1 aliphatic heterocycles. The van der Waals surface area contributed by atoms with Gasteiger partial charge in [-0.05, 0) is 63.0 Å². The van der Waals surface area contributed by atoms with Gasteiger partial charge in [0.15, 0.2) is 11.5 Å². The molecule has 1 unspecified atom stereocenters. The molecule has 1 atom stereocenters. The van der Waals surface area contributed by atoms with Crippen LogP contribution in [0.2, 0.25) is 0 Å². The van der Waals surface area contributed by atoms with E-state index in [0.29, 0.717) is 5.92 Å². The van der Waals surface area contributed by atoms with Crippen LogP contribution in [0.15, 0.2) is 46.9 Å². The van der Waals surface area contributed by atoms with Gasteiger partial charge in [-0.3, -0.25) is 0 Å². The predicted octanol–water partition coefficient (Wildman–Crippen LogP) is 3.90. The highest BCUT2D eigenvalue weighted by molar-refractivity contribution is 5.72. The summed E-state index contributed by atoms with van der Waals surface area (Å²) in [6.45, 7) is 6.48. The molecule has 1 aromatic carbocycles. The second kappa shape index (κ2) is 7.87. The largest absolute Gasteiger partial charge is 0.441 e. The second-order valence-electron chi connectivity index (χ2n) is 7.18. The number of benzene rings is 1. The Kier molecular flexibility index (Phi) is 5.16. The maximum absolute atomic E-state index is 5.80. The zero-order valence-electron chi connectivity index (χ0n) is 15.3. The molecule has 1 N–H and O–H groups in total. The third-order valence-corrected chi connectivity index (χ3v) is 5.03. The third kappa shape index (κ3) is 4.22. The minimum atomic E-state index is 0.696. The van der Waals surface area contributed by atoms with Crippen molar-refractivity contribution in [1.82, 2.24) is 14.9 Å². The van der Waals surface area contributed by atoms with Crippen LogP contribution in [0.25, 0.3) is 11.1 Å². The van der Waals surface area contributed by atoms with Gasteiger partial charge in [0, 0.05) is 25.2 Å². The van der Waals surface area contributed by atoms with Gasteiger partial charge in [-0.25, -0.2) is 9.97 Å². The Morgan fingerprint density at radius 3 is 2.96 bits per heavy atom. The van der Waals surface area contributed by atoms with Gasteiger partial charge in [-0.2, -0.15) is 0 Å². The van der Waals surface area contributed by atoms with Crippen LogP contribution in [-0.2, 0) is 6.42 Å². The Bertz CT molecular complexity index is 827. The maximum Gasteiger partial charge on any atom is 0.195 e. The molecular weight excluding hydrogens is 324 g/mol. The summed E-state index contributed by atoms with van der Waals surface area (Å²) in [6, 6.07) is 14.1. The van der Waals surface area contributed by atoms with Crippen LogP contribution in [-0.4, -0.2) is 41.0 Å². The first-order valence-electron chi connectivity index (χ1n) is 9.50. The highest BCUT2D eigenvalue weighted by Gasteiger charge is 2.22. The van der Waals surface area contributed by atoms with Crippen LogP contribution in [0.1, 0.15) is 24.4 Å². The van der Waals surface area contributed by atoms with E-state index in [1.54, 1.807) is 0 Å². The Hall–Kier alpha value is -2.40. The van der Waals surface area contributed by atoms with E-state index in [9.17, 15) is 0 Å². The monoisotopic (exact) mass is 350 g/mol. The first-order valence-corrected chi connectivity index (χ1v) is 9.50. The van der Waals surface area contributed by atoms with Gasteiger partial charge >= 0.3 is 0 Å². The molecule has 4 rings (SSSR count). The topological polar surface area (TPSA) is 54.2 Å². The number of para-hydroxylation sites is 2. The van der Waals surface area contributed by atoms with Crippen molar-refractivity contribution >= 4 is 16.9 Å². The average molecular weight is 350 g/mol. The van der Waals surface area contributed by atoms with E-state index in [1.807, 2.05) is 43.3 Å². The number of hydrogen-bond donors (Lipinski definition) is 1. The number of anilines is 1. The van der Waals surface area contributed by atoms with Crippen molar-refractivity contribution in [3.8, 4) is 0 Å². The number of pyridine rings is 1. The molecule has 3 aromatic rings. The Morgan fingerprint density at radius 2 is 2.08 bits per heavy atom. The summed E-state index contributed by atoms with van der Waals surface area (Å²) in [4.78, 5) is 11.6. The van der Waals surface area contributed by atoms with Crippen molar-refractivity contribution in [2.24, 2.45) is 5.92 Å². The lowest BCUT2D eigenvalue weighted by atomic mass is 10.1. The highest BCUT2D eigenvalue weighted by atomic mass is 16.3. The lowest BCUT2D eigenvalue weighted by Gasteiger charge is -2.16. The summed E-state index contributed by atoms with van der Waals surface area (Å²) >= 11 is 0. The molecule has 1 fully saturated rings. The Morgan fingerprint density at radius 1 is 1.15 bits per heavy atom. The Labute approximate surface area is 154 Å². The molecule has 0 aliphatic carbocycles. The summed E-state index contributed by atoms with van der Waals surface area (Å²) in [5.41, 5.74) is 2.90. The highest BCUT2D eigenvalue weighted by Crippen LogP contribution is 2.19. The van der Waals surface area contributed by atoms with Crippen molar-refractivity contribution in [3.05, 3.63) is 54.0 Å². The number of nitrogens with zero attached hydrogens (tertiary/aromatic N) is 3. The fourth-order valence-corrected chi connectivity index (χ4v) is 3.65. The number of oxazole rings is 1. The van der Waals surface area contributed by atoms with E-state index >= 15 is 0 Å². The van der Waals surface area contributed by atoms with E-state index < -0.39 is 0 Å². The summed E-state index contributed by atoms with van der Waals surface area (Å²) in [5.74, 6) is 2.54. The third-order valence-electron chi connectivity index (χ3n) is 5.03. The van der Waals surface area contributed by atoms with E-state index in [1.165, 1.54) is 13.0 Å². The molecular formula is C21H26N4O. The van der Waals surface area contributed by atoms with Gasteiger partial charge in [-0.15, -0.1) is 0 Å². The molecule has 1 saturated heterocycles. The van der Waals surface area contributed by atoms with Crippen LogP contribution in [0, 0.1) is 12.8 Å². The van der Waals surface area contributed by atoms with Gasteiger partial charge in [0.05, 0.1) is 0 Å². The number of rotatable bonds is 7. The van der Waals surface area contributed by atoms with Crippen molar-refractivity contribution in [1.29, 1.82) is 0 Å². The molecule has 0 spiro atoms. The van der Waals surface area contributed by atoms with E-state index in [-0.39, 0.29) is 0 Å². The number of hydrogen-bond acceptors (Lipinski definition) is 5. The number of aryl methyl sites for hydroxylation is 2. The van der Waals surface area contributed by atoms with Gasteiger partial charge in [0.1, 0.15) is 11.3 Å². The van der Waals surface area contributed by atoms with Gasteiger partial charge in [0.2, 0.25) is 0 Å². The minimum Gasteiger partial charge on any atom is -0.441 e. The molecule has 0 radical (unpaired) electrons. The minimum absolute atomic E-state index is 0.696. The first-order chi connectivity index (χ1) is 12.8. The lowest BCUT2D eigenvalue weighted by Crippen LogP contribution is -2.24. The van der Waals surface area contributed by atoms with Crippen LogP contribution in [0.4, 0.5) is 5.82 Å². The maximum atomic E-state index is 5.80. The summed E-state index contributed by atoms with van der Waals surface area (Å²) in [7, 11) is 0. The van der Waals surface area contributed by atoms with Crippen molar-refractivity contribution < 1.29 is 4.42 Å². The molecule has 5 nitrogen and oxygen atoms in total. The smallest absolute Gasteiger partial charge is 0.195 e. The van der Waals surface area contributed by atoms with E-state index in [2.05, 4.69) is 26.3 Å². The normalized spacial score (nSPS) is 17.8. The molecule has 0 saturated carbocycles. The quantitative estimate of drug-likeness (QED) is 0.700. The second-order valence-corrected chi connectivity index (χ2v) is 7.18. The molecule has 26 heavy (non-hydrogen) atoms. The van der Waals surface area contributed by atoms with Crippen LogP contribution >= 0.6 is 0 Å². The lowest BCUT2D eigenvalue weighted by molar-refractivity contribution is 0.317. The number of nitrogens with one attached hydrogen (secondary N) is 1. The molecule has 2 aromatic heterocycles. The zero-order chi connectivity index (χ0) is 17.8. The zero-order valence-corrected chi connectivity index (χ0v) is 15.3. The van der Waals surface area contributed by atoms with Gasteiger partial charge < -0.3 is 14.6 Å². The SMILES string of the molecule is Cc1cccc(NCC2CCN(CCCc3nc4ccccc4o3)C2)n1. The molecule has 136 valence electrons. The van der Waals surface area contributed by atoms with Gasteiger partial charge in [0.25, 0.3) is 0 Å². The van der Waals surface area contributed by atoms with Crippen LogP contribution in [0.3, 0.4) is 0 Å². The fraction of sp³-hybridized carbons (Fsp3) is 0.429. The Balaban J connectivity index is 1.19. The van der Waals surface area contributed by atoms with E-state index in [4.69, 9.17) is 4.42 Å². The standard InChI is InChI=1S/C21H26N4O/c1-16-6-4-9-20(23-16)22-14-17-11-13-25(15-17)12-5-10-21-24-18-7-2-3-8-19(18)26-21/h2-4,6-9,17H,5,10-15H2,1H3,(H,22,23). The summed E-state index contributed by atoms with van der Waals surface area (Å²) in [6.07, 6.45) is 3.25. The van der Waals surface area contributed by atoms with Crippen molar-refractivity contribution in [2.75, 3.05) is 31.5 Å². The molecule has 3 heterocycles. The molecule has 0 amide bonds. The number of aromatic nitrogens is 2. The molecule has 5 heteroatoms. The first kappa shape index (κ1) is 17.0.